The van der Waals surface area contributed by atoms with Crippen LogP contribution in [-0.2, 0) is 4.79 Å². The first kappa shape index (κ1) is 24.2. The molecule has 1 aliphatic rings. The molecule has 4 nitrogen and oxygen atoms in total. The van der Waals surface area contributed by atoms with Gasteiger partial charge < -0.3 is 10.6 Å². The first-order valence-electron chi connectivity index (χ1n) is 9.73. The monoisotopic (exact) mass is 587 g/mol. The van der Waals surface area contributed by atoms with Crippen LogP contribution in [0.4, 0.5) is 0 Å². The quantitative estimate of drug-likeness (QED) is 0.192. The highest BCUT2D eigenvalue weighted by molar-refractivity contribution is 14.1. The molecule has 150 valence electrons. The highest BCUT2D eigenvalue weighted by Crippen LogP contribution is 2.25. The van der Waals surface area contributed by atoms with E-state index in [-0.39, 0.29) is 12.1 Å². The van der Waals surface area contributed by atoms with E-state index in [4.69, 9.17) is 0 Å². The fraction of sp³-hybridized carbons (Fsp3) is 0.800. The molecule has 1 rings (SSSR count). The molecule has 0 radical (unpaired) electrons. The Labute approximate surface area is 187 Å². The standard InChI is InChI=1S/C20H35I2N3O/c1-14(2)23-8-7-17(12-21)10-15(3)9-16(4)11-20(26)25-19-6-5-18(22)13-24-19/h13,15-17,19,24H,5-12H2,1-4H3,(H,25,26). The van der Waals surface area contributed by atoms with Crippen LogP contribution >= 0.6 is 45.2 Å². The maximum atomic E-state index is 12.3. The van der Waals surface area contributed by atoms with Gasteiger partial charge in [0.2, 0.25) is 5.91 Å². The number of hydrogen-bond acceptors (Lipinski definition) is 3. The van der Waals surface area contributed by atoms with Crippen molar-refractivity contribution < 1.29 is 4.79 Å². The van der Waals surface area contributed by atoms with E-state index in [1.165, 1.54) is 26.6 Å². The molecule has 4 atom stereocenters. The van der Waals surface area contributed by atoms with E-state index in [1.54, 1.807) is 0 Å². The van der Waals surface area contributed by atoms with Crippen molar-refractivity contribution in [2.24, 2.45) is 22.7 Å². The van der Waals surface area contributed by atoms with Crippen LogP contribution in [0.5, 0.6) is 0 Å². The van der Waals surface area contributed by atoms with Gasteiger partial charge in [-0.3, -0.25) is 9.79 Å². The predicted molar refractivity (Wildman–Crippen MR) is 129 cm³/mol. The smallest absolute Gasteiger partial charge is 0.221 e. The largest absolute Gasteiger partial charge is 0.371 e. The molecule has 26 heavy (non-hydrogen) atoms. The van der Waals surface area contributed by atoms with E-state index < -0.39 is 0 Å². The number of carbonyl (C=O) groups excluding carboxylic acids is 1. The lowest BCUT2D eigenvalue weighted by atomic mass is 9.87. The van der Waals surface area contributed by atoms with Gasteiger partial charge in [0.05, 0.1) is 6.17 Å². The molecule has 1 aliphatic heterocycles. The van der Waals surface area contributed by atoms with Crippen LogP contribution in [0.2, 0.25) is 0 Å². The summed E-state index contributed by atoms with van der Waals surface area (Å²) in [6, 6.07) is 0. The van der Waals surface area contributed by atoms with E-state index >= 15 is 0 Å². The maximum Gasteiger partial charge on any atom is 0.221 e. The molecular formula is C20H35I2N3O. The summed E-state index contributed by atoms with van der Waals surface area (Å²) in [5, 5.41) is 6.38. The van der Waals surface area contributed by atoms with E-state index in [1.807, 2.05) is 6.20 Å². The number of alkyl halides is 1. The Bertz CT molecular complexity index is 489. The Morgan fingerprint density at radius 2 is 2.08 bits per heavy atom. The molecular weight excluding hydrogens is 552 g/mol. The number of aliphatic imine (C=N–C) groups is 1. The Kier molecular flexibility index (Phi) is 12.4. The minimum Gasteiger partial charge on any atom is -0.371 e. The summed E-state index contributed by atoms with van der Waals surface area (Å²) in [6.45, 7) is 9.61. The average Bonchev–Trinajstić information content (AvgIpc) is 2.55. The Hall–Kier alpha value is 0.140. The molecule has 0 aromatic rings. The van der Waals surface area contributed by atoms with Crippen LogP contribution in [0.3, 0.4) is 0 Å². The van der Waals surface area contributed by atoms with Crippen LogP contribution in [-0.4, -0.2) is 28.8 Å². The lowest BCUT2D eigenvalue weighted by molar-refractivity contribution is -0.122. The SMILES string of the molecule is CC(C)=NCCC(CI)CC(C)CC(C)CC(=O)NC1CCC(I)=CN1. The number of rotatable bonds is 11. The molecule has 0 saturated heterocycles. The lowest BCUT2D eigenvalue weighted by Gasteiger charge is -2.25. The zero-order chi connectivity index (χ0) is 19.5. The normalized spacial score (nSPS) is 20.4. The summed E-state index contributed by atoms with van der Waals surface area (Å²) < 4.78 is 2.51. The number of nitrogens with zero attached hydrogens (tertiary/aromatic N) is 1. The van der Waals surface area contributed by atoms with E-state index in [9.17, 15) is 4.79 Å². The molecule has 0 spiro atoms. The number of carbonyl (C=O) groups is 1. The van der Waals surface area contributed by atoms with Gasteiger partial charge in [0, 0.05) is 32.9 Å². The molecule has 0 fully saturated rings. The number of amides is 1. The average molecular weight is 587 g/mol. The van der Waals surface area contributed by atoms with E-state index in [2.05, 4.69) is 88.5 Å². The van der Waals surface area contributed by atoms with Crippen molar-refractivity contribution in [3.8, 4) is 0 Å². The molecule has 0 aromatic carbocycles. The Morgan fingerprint density at radius 1 is 1.35 bits per heavy atom. The fourth-order valence-electron chi connectivity index (χ4n) is 3.48. The lowest BCUT2D eigenvalue weighted by Crippen LogP contribution is -2.45. The van der Waals surface area contributed by atoms with Crippen LogP contribution in [0.25, 0.3) is 0 Å². The van der Waals surface area contributed by atoms with Gasteiger partial charge in [-0.05, 0) is 86.3 Å². The van der Waals surface area contributed by atoms with Gasteiger partial charge in [0.1, 0.15) is 0 Å². The van der Waals surface area contributed by atoms with Crippen molar-refractivity contribution in [1.29, 1.82) is 0 Å². The van der Waals surface area contributed by atoms with Crippen molar-refractivity contribution >= 4 is 56.8 Å². The molecule has 2 N–H and O–H groups in total. The fourth-order valence-corrected chi connectivity index (χ4v) is 4.77. The Morgan fingerprint density at radius 3 is 2.65 bits per heavy atom. The van der Waals surface area contributed by atoms with Gasteiger partial charge in [-0.2, -0.15) is 0 Å². The van der Waals surface area contributed by atoms with Crippen molar-refractivity contribution in [2.45, 2.75) is 72.4 Å². The molecule has 0 bridgehead atoms. The summed E-state index contributed by atoms with van der Waals surface area (Å²) in [6.07, 6.45) is 8.27. The van der Waals surface area contributed by atoms with Crippen LogP contribution in [0.15, 0.2) is 14.8 Å². The molecule has 1 amide bonds. The first-order chi connectivity index (χ1) is 12.3. The predicted octanol–water partition coefficient (Wildman–Crippen LogP) is 5.45. The topological polar surface area (TPSA) is 53.5 Å². The molecule has 1 heterocycles. The second-order valence-electron chi connectivity index (χ2n) is 7.94. The van der Waals surface area contributed by atoms with Gasteiger partial charge in [0.15, 0.2) is 0 Å². The molecule has 0 aliphatic carbocycles. The third-order valence-electron chi connectivity index (χ3n) is 4.71. The first-order valence-corrected chi connectivity index (χ1v) is 12.3. The highest BCUT2D eigenvalue weighted by atomic mass is 127. The molecule has 0 aromatic heterocycles. The number of halogens is 2. The number of allylic oxidation sites excluding steroid dienone is 1. The van der Waals surface area contributed by atoms with Gasteiger partial charge in [-0.25, -0.2) is 0 Å². The van der Waals surface area contributed by atoms with Crippen molar-refractivity contribution in [2.75, 3.05) is 11.0 Å². The van der Waals surface area contributed by atoms with Gasteiger partial charge in [0.25, 0.3) is 0 Å². The molecule has 6 heteroatoms. The van der Waals surface area contributed by atoms with Crippen LogP contribution in [0, 0.1) is 17.8 Å². The van der Waals surface area contributed by atoms with Crippen molar-refractivity contribution in [3.63, 3.8) is 0 Å². The zero-order valence-corrected chi connectivity index (χ0v) is 21.0. The third-order valence-corrected chi connectivity index (χ3v) is 6.80. The maximum absolute atomic E-state index is 12.3. The Balaban J connectivity index is 2.28. The van der Waals surface area contributed by atoms with E-state index in [0.29, 0.717) is 18.3 Å². The highest BCUT2D eigenvalue weighted by Gasteiger charge is 2.19. The summed E-state index contributed by atoms with van der Waals surface area (Å²) in [4.78, 5) is 16.8. The van der Waals surface area contributed by atoms with Gasteiger partial charge in [-0.1, -0.05) is 36.4 Å². The van der Waals surface area contributed by atoms with Gasteiger partial charge in [-0.15, -0.1) is 0 Å². The minimum atomic E-state index is 0.0941. The second kappa shape index (κ2) is 13.3. The zero-order valence-electron chi connectivity index (χ0n) is 16.7. The summed E-state index contributed by atoms with van der Waals surface area (Å²) in [5.41, 5.74) is 1.17. The van der Waals surface area contributed by atoms with Gasteiger partial charge >= 0.3 is 0 Å². The van der Waals surface area contributed by atoms with E-state index in [0.717, 1.165) is 31.7 Å². The summed E-state index contributed by atoms with van der Waals surface area (Å²) in [5.74, 6) is 1.98. The van der Waals surface area contributed by atoms with Crippen LogP contribution in [0.1, 0.15) is 66.2 Å². The summed E-state index contributed by atoms with van der Waals surface area (Å²) >= 11 is 4.84. The van der Waals surface area contributed by atoms with Crippen LogP contribution < -0.4 is 10.6 Å². The molecule has 4 unspecified atom stereocenters. The third kappa shape index (κ3) is 11.1. The number of nitrogens with one attached hydrogen (secondary N) is 2. The number of hydrogen-bond donors (Lipinski definition) is 2. The summed E-state index contributed by atoms with van der Waals surface area (Å²) in [7, 11) is 0. The van der Waals surface area contributed by atoms with Crippen molar-refractivity contribution in [3.05, 3.63) is 9.78 Å². The van der Waals surface area contributed by atoms with Crippen molar-refractivity contribution in [1.82, 2.24) is 10.6 Å². The second-order valence-corrected chi connectivity index (χ2v) is 10.2. The minimum absolute atomic E-state index is 0.0941. The molecule has 0 saturated carbocycles.